The number of Topliss-reactive ketones (excluding diaryl/α,β-unsaturated/α-hetero) is 1. The Hall–Kier alpha value is -0.670. The van der Waals surface area contributed by atoms with Crippen molar-refractivity contribution in [3.63, 3.8) is 0 Å². The number of methoxy groups -OCH3 is 1. The zero-order valence-electron chi connectivity index (χ0n) is 22.4. The lowest BCUT2D eigenvalue weighted by atomic mass is 10.0. The topological polar surface area (TPSA) is 104 Å². The van der Waals surface area contributed by atoms with Crippen LogP contribution in [-0.2, 0) is 34.3 Å². The quantitative estimate of drug-likeness (QED) is 0.0983. The van der Waals surface area contributed by atoms with Crippen LogP contribution in [-0.4, -0.2) is 55.3 Å². The van der Waals surface area contributed by atoms with E-state index >= 15 is 0 Å². The summed E-state index contributed by atoms with van der Waals surface area (Å²) < 4.78 is 32.6. The zero-order chi connectivity index (χ0) is 26.3. The number of thiazole rings is 1. The number of carbonyl (C=O) groups excluding carboxylic acids is 1. The average Bonchev–Trinajstić information content (AvgIpc) is 3.37. The first kappa shape index (κ1) is 33.4. The Morgan fingerprint density at radius 3 is 2.14 bits per heavy atom. The lowest BCUT2D eigenvalue weighted by molar-refractivity contribution is -0.125. The summed E-state index contributed by atoms with van der Waals surface area (Å²) in [5, 5.41) is 2.65. The molecular formula is C26H48NO7PS. The number of unbranched alkanes of at least 4 members (excludes halogenated alkanes) is 12. The minimum absolute atomic E-state index is 0.0131. The lowest BCUT2D eigenvalue weighted by Gasteiger charge is -2.18. The van der Waals surface area contributed by atoms with Crippen LogP contribution in [0.5, 0.6) is 0 Å². The molecule has 0 amide bonds. The summed E-state index contributed by atoms with van der Waals surface area (Å²) in [5.74, 6) is 0.0622. The van der Waals surface area contributed by atoms with Crippen molar-refractivity contribution in [1.29, 1.82) is 0 Å². The number of nitrogens with zero attached hydrogens (tertiary/aromatic N) is 1. The van der Waals surface area contributed by atoms with Gasteiger partial charge in [-0.25, -0.2) is 9.55 Å². The minimum atomic E-state index is -4.19. The Balaban J connectivity index is 1.96. The van der Waals surface area contributed by atoms with E-state index in [-0.39, 0.29) is 32.2 Å². The molecule has 210 valence electrons. The molecule has 36 heavy (non-hydrogen) atoms. The van der Waals surface area contributed by atoms with Crippen molar-refractivity contribution >= 4 is 24.9 Å². The van der Waals surface area contributed by atoms with Crippen LogP contribution in [0.25, 0.3) is 0 Å². The summed E-state index contributed by atoms with van der Waals surface area (Å²) in [7, 11) is -2.74. The fourth-order valence-electron chi connectivity index (χ4n) is 3.74. The van der Waals surface area contributed by atoms with Gasteiger partial charge in [-0.3, -0.25) is 13.8 Å². The van der Waals surface area contributed by atoms with E-state index in [0.29, 0.717) is 12.8 Å². The van der Waals surface area contributed by atoms with Gasteiger partial charge in [0, 0.05) is 31.5 Å². The van der Waals surface area contributed by atoms with Gasteiger partial charge in [-0.1, -0.05) is 84.0 Å². The molecule has 2 unspecified atom stereocenters. The molecule has 8 nitrogen and oxygen atoms in total. The van der Waals surface area contributed by atoms with E-state index in [4.69, 9.17) is 18.5 Å². The van der Waals surface area contributed by atoms with Gasteiger partial charge in [0.05, 0.1) is 24.8 Å². The predicted octanol–water partition coefficient (Wildman–Crippen LogP) is 6.90. The largest absolute Gasteiger partial charge is 0.472 e. The summed E-state index contributed by atoms with van der Waals surface area (Å²) in [6.07, 6.45) is 18.6. The van der Waals surface area contributed by atoms with Crippen LogP contribution in [0.1, 0.15) is 102 Å². The van der Waals surface area contributed by atoms with Crippen LogP contribution < -0.4 is 0 Å². The van der Waals surface area contributed by atoms with Crippen LogP contribution in [0.4, 0.5) is 0 Å². The summed E-state index contributed by atoms with van der Waals surface area (Å²) in [5.41, 5.74) is 0. The highest BCUT2D eigenvalue weighted by molar-refractivity contribution is 7.47. The molecule has 1 N–H and O–H groups in total. The number of carbonyl (C=O) groups is 1. The first-order valence-corrected chi connectivity index (χ1v) is 16.0. The second-order valence-corrected chi connectivity index (χ2v) is 11.6. The Morgan fingerprint density at radius 1 is 0.972 bits per heavy atom. The number of phosphoric acid groups is 1. The van der Waals surface area contributed by atoms with Crippen molar-refractivity contribution in [1.82, 2.24) is 4.98 Å². The van der Waals surface area contributed by atoms with Crippen molar-refractivity contribution in [2.75, 3.05) is 33.5 Å². The number of hydrogen-bond donors (Lipinski definition) is 1. The molecule has 0 fully saturated rings. The van der Waals surface area contributed by atoms with Crippen LogP contribution >= 0.6 is 19.2 Å². The number of rotatable bonds is 26. The molecule has 0 saturated carbocycles. The van der Waals surface area contributed by atoms with Gasteiger partial charge < -0.3 is 14.4 Å². The van der Waals surface area contributed by atoms with E-state index in [0.717, 1.165) is 17.8 Å². The van der Waals surface area contributed by atoms with E-state index in [1.165, 1.54) is 89.1 Å². The van der Waals surface area contributed by atoms with E-state index in [9.17, 15) is 14.3 Å². The number of phosphoric ester groups is 1. The molecule has 0 bridgehead atoms. The van der Waals surface area contributed by atoms with E-state index < -0.39 is 13.9 Å². The van der Waals surface area contributed by atoms with Crippen LogP contribution in [0.3, 0.4) is 0 Å². The summed E-state index contributed by atoms with van der Waals surface area (Å²) >= 11 is 1.45. The molecule has 0 aliphatic rings. The zero-order valence-corrected chi connectivity index (χ0v) is 24.1. The summed E-state index contributed by atoms with van der Waals surface area (Å²) in [6.45, 7) is 2.22. The molecule has 0 radical (unpaired) electrons. The molecule has 2 atom stereocenters. The predicted molar refractivity (Wildman–Crippen MR) is 144 cm³/mol. The van der Waals surface area contributed by atoms with Crippen molar-refractivity contribution < 1.29 is 32.8 Å². The fraction of sp³-hybridized carbons (Fsp3) is 0.846. The molecule has 0 aliphatic heterocycles. The third kappa shape index (κ3) is 19.4. The van der Waals surface area contributed by atoms with Crippen LogP contribution in [0, 0.1) is 0 Å². The first-order valence-electron chi connectivity index (χ1n) is 13.6. The third-order valence-electron chi connectivity index (χ3n) is 5.94. The molecule has 1 rings (SSSR count). The van der Waals surface area contributed by atoms with Gasteiger partial charge in [0.25, 0.3) is 0 Å². The van der Waals surface area contributed by atoms with Gasteiger partial charge in [0.15, 0.2) is 5.78 Å². The van der Waals surface area contributed by atoms with Crippen LogP contribution in [0.2, 0.25) is 0 Å². The van der Waals surface area contributed by atoms with Crippen molar-refractivity contribution in [3.05, 3.63) is 16.6 Å². The number of hydrogen-bond acceptors (Lipinski definition) is 8. The third-order valence-corrected chi connectivity index (χ3v) is 7.76. The Bertz CT molecular complexity index is 690. The molecule has 0 saturated heterocycles. The molecule has 1 aromatic heterocycles. The highest BCUT2D eigenvalue weighted by Gasteiger charge is 2.23. The maximum Gasteiger partial charge on any atom is 0.472 e. The molecule has 10 heteroatoms. The molecule has 0 aromatic carbocycles. The molecular weight excluding hydrogens is 501 g/mol. The summed E-state index contributed by atoms with van der Waals surface area (Å²) in [6, 6.07) is 0. The highest BCUT2D eigenvalue weighted by atomic mass is 32.1. The van der Waals surface area contributed by atoms with E-state index in [1.54, 1.807) is 6.20 Å². The number of ketones is 1. The molecule has 1 heterocycles. The lowest BCUT2D eigenvalue weighted by Crippen LogP contribution is -2.25. The van der Waals surface area contributed by atoms with Crippen molar-refractivity contribution in [2.24, 2.45) is 0 Å². The van der Waals surface area contributed by atoms with Gasteiger partial charge in [-0.05, 0) is 6.42 Å². The maximum absolute atomic E-state index is 12.0. The van der Waals surface area contributed by atoms with Gasteiger partial charge in [0.2, 0.25) is 0 Å². The fourth-order valence-corrected chi connectivity index (χ4v) is 5.09. The Morgan fingerprint density at radius 2 is 1.58 bits per heavy atom. The molecule has 0 aliphatic carbocycles. The normalized spacial score (nSPS) is 14.1. The van der Waals surface area contributed by atoms with Crippen LogP contribution in [0.15, 0.2) is 11.6 Å². The van der Waals surface area contributed by atoms with E-state index in [1.807, 2.05) is 5.38 Å². The van der Waals surface area contributed by atoms with Gasteiger partial charge >= 0.3 is 7.82 Å². The van der Waals surface area contributed by atoms with E-state index in [2.05, 4.69) is 11.9 Å². The van der Waals surface area contributed by atoms with Gasteiger partial charge in [0.1, 0.15) is 12.7 Å². The maximum atomic E-state index is 12.0. The van der Waals surface area contributed by atoms with Crippen molar-refractivity contribution in [2.45, 2.75) is 109 Å². The monoisotopic (exact) mass is 549 g/mol. The Kier molecular flexibility index (Phi) is 20.7. The second kappa shape index (κ2) is 22.3. The Labute approximate surface area is 222 Å². The first-order chi connectivity index (χ1) is 17.5. The minimum Gasteiger partial charge on any atom is -0.377 e. The average molecular weight is 550 g/mol. The van der Waals surface area contributed by atoms with Gasteiger partial charge in [-0.2, -0.15) is 0 Å². The highest BCUT2D eigenvalue weighted by Crippen LogP contribution is 2.43. The summed E-state index contributed by atoms with van der Waals surface area (Å²) in [4.78, 5) is 25.9. The van der Waals surface area contributed by atoms with Crippen molar-refractivity contribution in [3.8, 4) is 0 Å². The smallest absolute Gasteiger partial charge is 0.377 e. The number of aromatic nitrogens is 1. The SMILES string of the molecule is CCCCCCCCCCCCCCCC(=O)COCC(COP(=O)(O)OCCc1nccs1)OC. The second-order valence-electron chi connectivity index (χ2n) is 9.18. The van der Waals surface area contributed by atoms with Gasteiger partial charge in [-0.15, -0.1) is 11.3 Å². The number of ether oxygens (including phenoxy) is 2. The molecule has 0 spiro atoms. The molecule has 1 aromatic rings. The standard InChI is InChI=1S/C26H48NO7PS/c1-3-4-5-6-7-8-9-10-11-12-13-14-15-16-24(28)21-32-22-25(31-2)23-34-35(29,30)33-19-17-26-27-18-20-36-26/h18,20,25H,3-17,19,21-23H2,1-2H3,(H,29,30).